The van der Waals surface area contributed by atoms with Crippen LogP contribution in [0.15, 0.2) is 48.7 Å². The van der Waals surface area contributed by atoms with Crippen LogP contribution in [-0.2, 0) is 0 Å². The Bertz CT molecular complexity index is 879. The molecule has 0 aliphatic carbocycles. The Morgan fingerprint density at radius 2 is 1.87 bits per heavy atom. The predicted molar refractivity (Wildman–Crippen MR) is 87.6 cm³/mol. The second-order valence-corrected chi connectivity index (χ2v) is 5.43. The fourth-order valence-electron chi connectivity index (χ4n) is 2.38. The number of nitrogens with two attached hydrogens (primary N) is 1. The highest BCUT2D eigenvalue weighted by Crippen LogP contribution is 2.21. The van der Waals surface area contributed by atoms with E-state index in [-0.39, 0.29) is 5.91 Å². The van der Waals surface area contributed by atoms with Crippen molar-refractivity contribution in [2.45, 2.75) is 0 Å². The molecular weight excluding hydrogens is 292 g/mol. The standard InChI is InChI=1S/C17H16N4O2/c1-20(2)17(23)13-8-7-11(16(18)22)9-15(13)21-10-12-5-3-4-6-14(12)19-21/h3-10H,1-2H3,(H2,18,22). The topological polar surface area (TPSA) is 81.2 Å². The number of amides is 2. The van der Waals surface area contributed by atoms with Crippen LogP contribution in [0.4, 0.5) is 0 Å². The number of rotatable bonds is 3. The average molecular weight is 308 g/mol. The minimum atomic E-state index is -0.549. The molecule has 0 spiro atoms. The molecule has 6 heteroatoms. The van der Waals surface area contributed by atoms with E-state index in [4.69, 9.17) is 5.73 Å². The molecule has 0 aliphatic heterocycles. The number of carbonyl (C=O) groups is 2. The minimum absolute atomic E-state index is 0.171. The van der Waals surface area contributed by atoms with E-state index in [1.54, 1.807) is 37.0 Å². The Labute approximate surface area is 133 Å². The Balaban J connectivity index is 2.23. The van der Waals surface area contributed by atoms with Crippen LogP contribution in [0.2, 0.25) is 0 Å². The van der Waals surface area contributed by atoms with Crippen molar-refractivity contribution in [2.24, 2.45) is 5.73 Å². The van der Waals surface area contributed by atoms with Crippen molar-refractivity contribution in [3.05, 3.63) is 59.8 Å². The zero-order valence-electron chi connectivity index (χ0n) is 12.9. The third kappa shape index (κ3) is 2.66. The van der Waals surface area contributed by atoms with E-state index in [9.17, 15) is 9.59 Å². The summed E-state index contributed by atoms with van der Waals surface area (Å²) in [6.07, 6.45) is 1.82. The summed E-state index contributed by atoms with van der Waals surface area (Å²) >= 11 is 0. The highest BCUT2D eigenvalue weighted by molar-refractivity contribution is 6.00. The first-order valence-corrected chi connectivity index (χ1v) is 7.07. The monoisotopic (exact) mass is 308 g/mol. The smallest absolute Gasteiger partial charge is 0.255 e. The van der Waals surface area contributed by atoms with Crippen LogP contribution >= 0.6 is 0 Å². The molecular formula is C17H16N4O2. The molecule has 2 amide bonds. The minimum Gasteiger partial charge on any atom is -0.366 e. The van der Waals surface area contributed by atoms with E-state index in [0.717, 1.165) is 10.9 Å². The summed E-state index contributed by atoms with van der Waals surface area (Å²) in [6, 6.07) is 12.4. The number of nitrogens with zero attached hydrogens (tertiary/aromatic N) is 3. The second-order valence-electron chi connectivity index (χ2n) is 5.43. The Hall–Kier alpha value is -3.15. The van der Waals surface area contributed by atoms with Gasteiger partial charge in [0.1, 0.15) is 0 Å². The molecule has 2 N–H and O–H groups in total. The van der Waals surface area contributed by atoms with Gasteiger partial charge in [0.15, 0.2) is 0 Å². The van der Waals surface area contributed by atoms with Gasteiger partial charge in [-0.15, -0.1) is 0 Å². The number of benzene rings is 2. The molecule has 1 heterocycles. The molecule has 0 bridgehead atoms. The summed E-state index contributed by atoms with van der Waals surface area (Å²) in [4.78, 5) is 25.4. The Morgan fingerprint density at radius 3 is 2.52 bits per heavy atom. The van der Waals surface area contributed by atoms with Gasteiger partial charge in [0.05, 0.1) is 16.8 Å². The van der Waals surface area contributed by atoms with Crippen molar-refractivity contribution in [3.8, 4) is 5.69 Å². The third-order valence-electron chi connectivity index (χ3n) is 3.58. The molecule has 0 radical (unpaired) electrons. The highest BCUT2D eigenvalue weighted by atomic mass is 16.2. The summed E-state index contributed by atoms with van der Waals surface area (Å²) in [5.41, 5.74) is 7.47. The van der Waals surface area contributed by atoms with Gasteiger partial charge in [0.2, 0.25) is 5.91 Å². The van der Waals surface area contributed by atoms with Crippen LogP contribution in [-0.4, -0.2) is 40.6 Å². The van der Waals surface area contributed by atoms with Gasteiger partial charge in [-0.2, -0.15) is 5.10 Å². The summed E-state index contributed by atoms with van der Waals surface area (Å²) in [5, 5.41) is 5.42. The quantitative estimate of drug-likeness (QED) is 0.801. The van der Waals surface area contributed by atoms with Gasteiger partial charge >= 0.3 is 0 Å². The number of fused-ring (bicyclic) bond motifs is 1. The third-order valence-corrected chi connectivity index (χ3v) is 3.58. The molecule has 0 fully saturated rings. The lowest BCUT2D eigenvalue weighted by Crippen LogP contribution is -2.24. The molecule has 116 valence electrons. The van der Waals surface area contributed by atoms with Gasteiger partial charge < -0.3 is 10.6 Å². The molecule has 0 saturated carbocycles. The summed E-state index contributed by atoms with van der Waals surface area (Å²) in [5.74, 6) is -0.720. The molecule has 3 rings (SSSR count). The van der Waals surface area contributed by atoms with Crippen molar-refractivity contribution < 1.29 is 9.59 Å². The molecule has 23 heavy (non-hydrogen) atoms. The van der Waals surface area contributed by atoms with Gasteiger partial charge in [0.25, 0.3) is 5.91 Å². The second kappa shape index (κ2) is 5.57. The lowest BCUT2D eigenvalue weighted by molar-refractivity contribution is 0.0826. The van der Waals surface area contributed by atoms with E-state index in [0.29, 0.717) is 16.8 Å². The van der Waals surface area contributed by atoms with E-state index in [1.807, 2.05) is 30.5 Å². The first-order chi connectivity index (χ1) is 11.0. The summed E-state index contributed by atoms with van der Waals surface area (Å²) in [6.45, 7) is 0. The van der Waals surface area contributed by atoms with Crippen LogP contribution < -0.4 is 5.73 Å². The van der Waals surface area contributed by atoms with Crippen LogP contribution in [0.1, 0.15) is 20.7 Å². The molecule has 0 unspecified atom stereocenters. The summed E-state index contributed by atoms with van der Waals surface area (Å²) in [7, 11) is 3.35. The fraction of sp³-hybridized carbons (Fsp3) is 0.118. The molecule has 0 saturated heterocycles. The van der Waals surface area contributed by atoms with Crippen molar-refractivity contribution in [1.29, 1.82) is 0 Å². The lowest BCUT2D eigenvalue weighted by atomic mass is 10.1. The van der Waals surface area contributed by atoms with Gasteiger partial charge in [-0.3, -0.25) is 9.59 Å². The number of aromatic nitrogens is 2. The summed E-state index contributed by atoms with van der Waals surface area (Å²) < 4.78 is 1.60. The molecule has 0 atom stereocenters. The van der Waals surface area contributed by atoms with E-state index >= 15 is 0 Å². The van der Waals surface area contributed by atoms with Crippen LogP contribution in [0.25, 0.3) is 16.6 Å². The first kappa shape index (κ1) is 14.8. The normalized spacial score (nSPS) is 10.7. The molecule has 2 aromatic carbocycles. The van der Waals surface area contributed by atoms with Gasteiger partial charge in [-0.25, -0.2) is 4.68 Å². The van der Waals surface area contributed by atoms with Gasteiger partial charge in [0, 0.05) is 31.2 Å². The maximum atomic E-state index is 12.4. The van der Waals surface area contributed by atoms with Crippen molar-refractivity contribution in [2.75, 3.05) is 14.1 Å². The first-order valence-electron chi connectivity index (χ1n) is 7.07. The van der Waals surface area contributed by atoms with E-state index in [2.05, 4.69) is 5.10 Å². The van der Waals surface area contributed by atoms with Crippen molar-refractivity contribution >= 4 is 22.7 Å². The highest BCUT2D eigenvalue weighted by Gasteiger charge is 2.17. The van der Waals surface area contributed by atoms with Crippen LogP contribution in [0, 0.1) is 0 Å². The maximum absolute atomic E-state index is 12.4. The van der Waals surface area contributed by atoms with Crippen molar-refractivity contribution in [1.82, 2.24) is 14.7 Å². The average Bonchev–Trinajstić information content (AvgIpc) is 2.97. The zero-order chi connectivity index (χ0) is 16.6. The van der Waals surface area contributed by atoms with E-state index in [1.165, 1.54) is 4.90 Å². The fourth-order valence-corrected chi connectivity index (χ4v) is 2.38. The van der Waals surface area contributed by atoms with Gasteiger partial charge in [-0.1, -0.05) is 18.2 Å². The number of primary amides is 1. The number of hydrogen-bond acceptors (Lipinski definition) is 3. The number of hydrogen-bond donors (Lipinski definition) is 1. The van der Waals surface area contributed by atoms with Crippen molar-refractivity contribution in [3.63, 3.8) is 0 Å². The lowest BCUT2D eigenvalue weighted by Gasteiger charge is -2.14. The molecule has 1 aromatic heterocycles. The SMILES string of the molecule is CN(C)C(=O)c1ccc(C(N)=O)cc1-n1cc2ccccc2n1. The van der Waals surface area contributed by atoms with Crippen LogP contribution in [0.5, 0.6) is 0 Å². The molecule has 0 aliphatic rings. The number of carbonyl (C=O) groups excluding carboxylic acids is 2. The Kier molecular flexibility index (Phi) is 3.57. The predicted octanol–water partition coefficient (Wildman–Crippen LogP) is 1.83. The Morgan fingerprint density at radius 1 is 1.13 bits per heavy atom. The molecule has 6 nitrogen and oxygen atoms in total. The van der Waals surface area contributed by atoms with E-state index < -0.39 is 5.91 Å². The zero-order valence-corrected chi connectivity index (χ0v) is 12.9. The van der Waals surface area contributed by atoms with Crippen LogP contribution in [0.3, 0.4) is 0 Å². The maximum Gasteiger partial charge on any atom is 0.255 e. The largest absolute Gasteiger partial charge is 0.366 e. The van der Waals surface area contributed by atoms with Gasteiger partial charge in [-0.05, 0) is 24.3 Å². The molecule has 3 aromatic rings.